The summed E-state index contributed by atoms with van der Waals surface area (Å²) in [7, 11) is 0. The van der Waals surface area contributed by atoms with E-state index >= 15 is 0 Å². The van der Waals surface area contributed by atoms with Gasteiger partial charge in [-0.2, -0.15) is 10.2 Å². The molecule has 0 amide bonds. The van der Waals surface area contributed by atoms with Gasteiger partial charge in [0, 0.05) is 10.8 Å². The van der Waals surface area contributed by atoms with Gasteiger partial charge >= 0.3 is 0 Å². The third-order valence-corrected chi connectivity index (χ3v) is 3.01. The maximum absolute atomic E-state index is 3.98. The van der Waals surface area contributed by atoms with E-state index in [1.165, 1.54) is 21.9 Å². The molecule has 0 spiro atoms. The van der Waals surface area contributed by atoms with Gasteiger partial charge in [0.15, 0.2) is 0 Å². The van der Waals surface area contributed by atoms with E-state index < -0.39 is 0 Å². The van der Waals surface area contributed by atoms with Crippen molar-refractivity contribution in [2.45, 2.75) is 39.5 Å². The molecule has 0 aliphatic carbocycles. The fraction of sp³-hybridized carbons (Fsp3) is 0.429. The summed E-state index contributed by atoms with van der Waals surface area (Å²) >= 11 is 0. The highest BCUT2D eigenvalue weighted by Gasteiger charge is 2.09. The first-order valence-corrected chi connectivity index (χ1v) is 5.84. The zero-order chi connectivity index (χ0) is 11.7. The lowest BCUT2D eigenvalue weighted by Gasteiger charge is -2.14. The van der Waals surface area contributed by atoms with Crippen LogP contribution in [0.5, 0.6) is 0 Å². The Bertz CT molecular complexity index is 501. The normalized spacial score (nSPS) is 11.6. The van der Waals surface area contributed by atoms with Crippen LogP contribution in [0.15, 0.2) is 24.5 Å². The third kappa shape index (κ3) is 1.92. The molecule has 0 bridgehead atoms. The average Bonchev–Trinajstić information content (AvgIpc) is 2.27. The summed E-state index contributed by atoms with van der Waals surface area (Å²) in [5.41, 5.74) is 2.75. The van der Waals surface area contributed by atoms with Crippen LogP contribution in [0.3, 0.4) is 0 Å². The molecule has 2 heteroatoms. The van der Waals surface area contributed by atoms with Gasteiger partial charge in [-0.1, -0.05) is 33.8 Å². The van der Waals surface area contributed by atoms with E-state index in [-0.39, 0.29) is 0 Å². The van der Waals surface area contributed by atoms with E-state index in [0.29, 0.717) is 11.8 Å². The fourth-order valence-corrected chi connectivity index (χ4v) is 1.98. The number of fused-ring (bicyclic) bond motifs is 1. The van der Waals surface area contributed by atoms with Gasteiger partial charge in [-0.05, 0) is 29.0 Å². The first-order valence-electron chi connectivity index (χ1n) is 5.84. The molecule has 2 rings (SSSR count). The third-order valence-electron chi connectivity index (χ3n) is 3.01. The van der Waals surface area contributed by atoms with Crippen LogP contribution in [0.25, 0.3) is 10.8 Å². The van der Waals surface area contributed by atoms with Crippen molar-refractivity contribution in [3.63, 3.8) is 0 Å². The summed E-state index contributed by atoms with van der Waals surface area (Å²) in [6, 6.07) is 4.53. The van der Waals surface area contributed by atoms with Crippen LogP contribution in [-0.2, 0) is 0 Å². The standard InChI is InChI=1S/C14H18N2/c1-9(2)11-5-12-7-15-16-8-14(12)13(6-11)10(3)4/h5-10H,1-4H3. The quantitative estimate of drug-likeness (QED) is 0.758. The first-order chi connectivity index (χ1) is 7.59. The van der Waals surface area contributed by atoms with E-state index in [0.717, 1.165) is 0 Å². The van der Waals surface area contributed by atoms with Crippen molar-refractivity contribution >= 4 is 10.8 Å². The molecule has 0 aliphatic rings. The predicted molar refractivity (Wildman–Crippen MR) is 67.7 cm³/mol. The zero-order valence-corrected chi connectivity index (χ0v) is 10.4. The number of nitrogens with zero attached hydrogens (tertiary/aromatic N) is 2. The van der Waals surface area contributed by atoms with Crippen LogP contribution >= 0.6 is 0 Å². The van der Waals surface area contributed by atoms with E-state index in [4.69, 9.17) is 0 Å². The van der Waals surface area contributed by atoms with Gasteiger partial charge in [-0.15, -0.1) is 0 Å². The molecule has 2 aromatic rings. The number of hydrogen-bond acceptors (Lipinski definition) is 2. The lowest BCUT2D eigenvalue weighted by molar-refractivity contribution is 0.840. The molecular weight excluding hydrogens is 196 g/mol. The summed E-state index contributed by atoms with van der Waals surface area (Å²) < 4.78 is 0. The average molecular weight is 214 g/mol. The lowest BCUT2D eigenvalue weighted by atomic mass is 9.92. The van der Waals surface area contributed by atoms with Gasteiger partial charge in [0.25, 0.3) is 0 Å². The van der Waals surface area contributed by atoms with E-state index in [9.17, 15) is 0 Å². The summed E-state index contributed by atoms with van der Waals surface area (Å²) in [6.07, 6.45) is 3.72. The second-order valence-electron chi connectivity index (χ2n) is 4.91. The molecule has 0 N–H and O–H groups in total. The van der Waals surface area contributed by atoms with Crippen molar-refractivity contribution in [1.29, 1.82) is 0 Å². The van der Waals surface area contributed by atoms with Gasteiger partial charge in [-0.25, -0.2) is 0 Å². The highest BCUT2D eigenvalue weighted by Crippen LogP contribution is 2.28. The molecule has 16 heavy (non-hydrogen) atoms. The van der Waals surface area contributed by atoms with Crippen molar-refractivity contribution in [3.05, 3.63) is 35.7 Å². The monoisotopic (exact) mass is 214 g/mol. The highest BCUT2D eigenvalue weighted by atomic mass is 15.1. The molecule has 2 nitrogen and oxygen atoms in total. The van der Waals surface area contributed by atoms with Gasteiger partial charge in [-0.3, -0.25) is 0 Å². The van der Waals surface area contributed by atoms with Crippen molar-refractivity contribution in [2.75, 3.05) is 0 Å². The molecule has 0 atom stereocenters. The molecule has 0 saturated heterocycles. The Morgan fingerprint density at radius 2 is 1.56 bits per heavy atom. The van der Waals surface area contributed by atoms with Crippen molar-refractivity contribution < 1.29 is 0 Å². The molecular formula is C14H18N2. The summed E-state index contributed by atoms with van der Waals surface area (Å²) in [5, 5.41) is 10.4. The molecule has 1 heterocycles. The van der Waals surface area contributed by atoms with Crippen molar-refractivity contribution in [3.8, 4) is 0 Å². The number of rotatable bonds is 2. The van der Waals surface area contributed by atoms with E-state index in [2.05, 4.69) is 50.0 Å². The largest absolute Gasteiger partial charge is 0.158 e. The van der Waals surface area contributed by atoms with Crippen LogP contribution in [0.4, 0.5) is 0 Å². The van der Waals surface area contributed by atoms with Crippen molar-refractivity contribution in [2.24, 2.45) is 0 Å². The molecule has 0 fully saturated rings. The van der Waals surface area contributed by atoms with Gasteiger partial charge in [0.1, 0.15) is 0 Å². The Hall–Kier alpha value is -1.44. The maximum Gasteiger partial charge on any atom is 0.0577 e. The molecule has 0 saturated carbocycles. The fourth-order valence-electron chi connectivity index (χ4n) is 1.98. The SMILES string of the molecule is CC(C)c1cc(C(C)C)c2cnncc2c1. The Balaban J connectivity index is 2.74. The molecule has 1 aromatic carbocycles. The maximum atomic E-state index is 3.98. The van der Waals surface area contributed by atoms with Gasteiger partial charge in [0.05, 0.1) is 12.4 Å². The molecule has 0 unspecified atom stereocenters. The van der Waals surface area contributed by atoms with Crippen LogP contribution in [0, 0.1) is 0 Å². The van der Waals surface area contributed by atoms with Gasteiger partial charge < -0.3 is 0 Å². The Kier molecular flexibility index (Phi) is 2.90. The van der Waals surface area contributed by atoms with E-state index in [1.807, 2.05) is 12.4 Å². The van der Waals surface area contributed by atoms with Crippen LogP contribution in [-0.4, -0.2) is 10.2 Å². The van der Waals surface area contributed by atoms with E-state index in [1.54, 1.807) is 0 Å². The number of benzene rings is 1. The smallest absolute Gasteiger partial charge is 0.0577 e. The van der Waals surface area contributed by atoms with Crippen LogP contribution < -0.4 is 0 Å². The Labute approximate surface area is 96.7 Å². The lowest BCUT2D eigenvalue weighted by Crippen LogP contribution is -1.96. The minimum Gasteiger partial charge on any atom is -0.158 e. The minimum absolute atomic E-state index is 0.519. The minimum atomic E-state index is 0.519. The Morgan fingerprint density at radius 3 is 2.19 bits per heavy atom. The first kappa shape index (κ1) is 11.1. The van der Waals surface area contributed by atoms with Crippen LogP contribution in [0.1, 0.15) is 50.7 Å². The van der Waals surface area contributed by atoms with Gasteiger partial charge in [0.2, 0.25) is 0 Å². The second kappa shape index (κ2) is 4.20. The molecule has 1 aromatic heterocycles. The predicted octanol–water partition coefficient (Wildman–Crippen LogP) is 3.88. The zero-order valence-electron chi connectivity index (χ0n) is 10.4. The highest BCUT2D eigenvalue weighted by molar-refractivity contribution is 5.85. The Morgan fingerprint density at radius 1 is 0.875 bits per heavy atom. The summed E-state index contributed by atoms with van der Waals surface area (Å²) in [5.74, 6) is 1.07. The van der Waals surface area contributed by atoms with Crippen LogP contribution in [0.2, 0.25) is 0 Å². The number of aromatic nitrogens is 2. The molecule has 0 radical (unpaired) electrons. The topological polar surface area (TPSA) is 25.8 Å². The molecule has 84 valence electrons. The number of hydrogen-bond donors (Lipinski definition) is 0. The summed E-state index contributed by atoms with van der Waals surface area (Å²) in [6.45, 7) is 8.89. The van der Waals surface area contributed by atoms with Crippen molar-refractivity contribution in [1.82, 2.24) is 10.2 Å². The molecule has 0 aliphatic heterocycles. The summed E-state index contributed by atoms with van der Waals surface area (Å²) in [4.78, 5) is 0. The second-order valence-corrected chi connectivity index (χ2v) is 4.91.